The van der Waals surface area contributed by atoms with Gasteiger partial charge in [0.05, 0.1) is 6.07 Å². The van der Waals surface area contributed by atoms with Crippen LogP contribution in [0.5, 0.6) is 0 Å². The number of amides is 2. The average molecular weight is 460 g/mol. The number of aryl methyl sites for hydroxylation is 1. The summed E-state index contributed by atoms with van der Waals surface area (Å²) in [5, 5.41) is 17.6. The van der Waals surface area contributed by atoms with Gasteiger partial charge in [0.2, 0.25) is 11.8 Å². The SMILES string of the molecule is Cn1nc(Nc2cc(N3CC[C@@](C#N)(C4CC4)C3=O)ccn2)cc1C1CN(C(=O)C2CCC2)C1. The topological polar surface area (TPSA) is 107 Å². The quantitative estimate of drug-likeness (QED) is 0.712. The highest BCUT2D eigenvalue weighted by Gasteiger charge is 2.56. The Morgan fingerprint density at radius 2 is 2.00 bits per heavy atom. The minimum absolute atomic E-state index is 0.0826. The van der Waals surface area contributed by atoms with E-state index in [-0.39, 0.29) is 17.7 Å². The molecule has 0 aromatic carbocycles. The average Bonchev–Trinajstić information content (AvgIpc) is 3.47. The lowest BCUT2D eigenvalue weighted by atomic mass is 9.82. The molecule has 2 aliphatic carbocycles. The van der Waals surface area contributed by atoms with Crippen molar-refractivity contribution in [1.82, 2.24) is 19.7 Å². The van der Waals surface area contributed by atoms with Gasteiger partial charge in [-0.2, -0.15) is 10.4 Å². The number of pyridine rings is 1. The Hall–Kier alpha value is -3.41. The fraction of sp³-hybridized carbons (Fsp3) is 0.560. The van der Waals surface area contributed by atoms with Crippen molar-refractivity contribution in [1.29, 1.82) is 5.26 Å². The molecule has 2 aliphatic heterocycles. The van der Waals surface area contributed by atoms with Gasteiger partial charge >= 0.3 is 0 Å². The van der Waals surface area contributed by atoms with E-state index in [0.717, 1.165) is 50.2 Å². The van der Waals surface area contributed by atoms with Crippen LogP contribution in [0.1, 0.15) is 50.1 Å². The van der Waals surface area contributed by atoms with Crippen molar-refractivity contribution in [3.05, 3.63) is 30.1 Å². The minimum Gasteiger partial charge on any atom is -0.341 e. The van der Waals surface area contributed by atoms with Gasteiger partial charge in [0.15, 0.2) is 5.82 Å². The fourth-order valence-electron chi connectivity index (χ4n) is 5.60. The first-order chi connectivity index (χ1) is 16.5. The third-order valence-electron chi connectivity index (χ3n) is 8.12. The first-order valence-corrected chi connectivity index (χ1v) is 12.3. The third-order valence-corrected chi connectivity index (χ3v) is 8.12. The molecular formula is C25H29N7O2. The van der Waals surface area contributed by atoms with E-state index in [0.29, 0.717) is 36.4 Å². The molecule has 2 aromatic rings. The van der Waals surface area contributed by atoms with E-state index in [1.54, 1.807) is 11.1 Å². The first-order valence-electron chi connectivity index (χ1n) is 12.3. The van der Waals surface area contributed by atoms with Crippen molar-refractivity contribution in [2.75, 3.05) is 29.9 Å². The second-order valence-electron chi connectivity index (χ2n) is 10.2. The number of hydrogen-bond donors (Lipinski definition) is 1. The molecule has 4 heterocycles. The molecule has 1 atom stereocenters. The molecule has 176 valence electrons. The Balaban J connectivity index is 1.13. The maximum Gasteiger partial charge on any atom is 0.247 e. The van der Waals surface area contributed by atoms with Crippen LogP contribution in [-0.4, -0.2) is 51.1 Å². The second kappa shape index (κ2) is 7.83. The summed E-state index contributed by atoms with van der Waals surface area (Å²) in [6.07, 6.45) is 7.43. The van der Waals surface area contributed by atoms with Gasteiger partial charge in [0.25, 0.3) is 0 Å². The zero-order valence-electron chi connectivity index (χ0n) is 19.4. The molecule has 9 heteroatoms. The normalized spacial score (nSPS) is 25.1. The van der Waals surface area contributed by atoms with E-state index in [9.17, 15) is 14.9 Å². The molecular weight excluding hydrogens is 430 g/mol. The van der Waals surface area contributed by atoms with Gasteiger partial charge in [-0.3, -0.25) is 14.3 Å². The molecule has 2 amide bonds. The maximum absolute atomic E-state index is 13.1. The first kappa shape index (κ1) is 21.1. The number of nitriles is 1. The van der Waals surface area contributed by atoms with Gasteiger partial charge in [-0.1, -0.05) is 6.42 Å². The van der Waals surface area contributed by atoms with Gasteiger partial charge in [0.1, 0.15) is 11.2 Å². The van der Waals surface area contributed by atoms with Crippen LogP contribution in [0.25, 0.3) is 0 Å². The summed E-state index contributed by atoms with van der Waals surface area (Å²) < 4.78 is 1.86. The van der Waals surface area contributed by atoms with Crippen LogP contribution in [0.4, 0.5) is 17.3 Å². The Bertz CT molecular complexity index is 1190. The lowest BCUT2D eigenvalue weighted by molar-refractivity contribution is -0.142. The van der Waals surface area contributed by atoms with E-state index >= 15 is 0 Å². The predicted molar refractivity (Wildman–Crippen MR) is 125 cm³/mol. The molecule has 0 unspecified atom stereocenters. The molecule has 1 N–H and O–H groups in total. The zero-order valence-corrected chi connectivity index (χ0v) is 19.4. The van der Waals surface area contributed by atoms with E-state index in [1.165, 1.54) is 6.42 Å². The van der Waals surface area contributed by atoms with Crippen LogP contribution in [0.2, 0.25) is 0 Å². The summed E-state index contributed by atoms with van der Waals surface area (Å²) >= 11 is 0. The fourth-order valence-corrected chi connectivity index (χ4v) is 5.60. The number of carbonyl (C=O) groups excluding carboxylic acids is 2. The monoisotopic (exact) mass is 459 g/mol. The maximum atomic E-state index is 13.1. The van der Waals surface area contributed by atoms with E-state index < -0.39 is 5.41 Å². The van der Waals surface area contributed by atoms with Crippen LogP contribution in [0, 0.1) is 28.6 Å². The Morgan fingerprint density at radius 3 is 2.68 bits per heavy atom. The van der Waals surface area contributed by atoms with Gasteiger partial charge in [0, 0.05) is 68.2 Å². The molecule has 34 heavy (non-hydrogen) atoms. The van der Waals surface area contributed by atoms with Crippen molar-refractivity contribution in [3.63, 3.8) is 0 Å². The van der Waals surface area contributed by atoms with Gasteiger partial charge in [-0.05, 0) is 44.1 Å². The molecule has 0 bridgehead atoms. The number of carbonyl (C=O) groups is 2. The van der Waals surface area contributed by atoms with Crippen molar-refractivity contribution in [2.24, 2.45) is 24.3 Å². The molecule has 0 radical (unpaired) electrons. The summed E-state index contributed by atoms with van der Waals surface area (Å²) in [7, 11) is 1.92. The number of anilines is 3. The Labute approximate surface area is 198 Å². The second-order valence-corrected chi connectivity index (χ2v) is 10.2. The summed E-state index contributed by atoms with van der Waals surface area (Å²) in [5.74, 6) is 2.25. The summed E-state index contributed by atoms with van der Waals surface area (Å²) in [6.45, 7) is 2.05. The predicted octanol–water partition coefficient (Wildman–Crippen LogP) is 2.94. The van der Waals surface area contributed by atoms with Crippen molar-refractivity contribution < 1.29 is 9.59 Å². The number of aromatic nitrogens is 3. The van der Waals surface area contributed by atoms with Crippen molar-refractivity contribution in [3.8, 4) is 6.07 Å². The molecule has 4 fully saturated rings. The lowest BCUT2D eigenvalue weighted by Crippen LogP contribution is -2.52. The zero-order chi connectivity index (χ0) is 23.4. The Morgan fingerprint density at radius 1 is 1.21 bits per heavy atom. The van der Waals surface area contributed by atoms with Crippen LogP contribution in [0.3, 0.4) is 0 Å². The number of likely N-dealkylation sites (tertiary alicyclic amines) is 1. The molecule has 9 nitrogen and oxygen atoms in total. The standard InChI is InChI=1S/C25H29N7O2/c1-30-20(17-13-31(14-17)23(33)16-3-2-4-16)12-22(29-30)28-21-11-19(7-9-27-21)32-10-8-25(15-26,24(32)34)18-5-6-18/h7,9,11-12,16-18H,2-6,8,10,13-14H2,1H3,(H,27,28,29)/t25-/m1/s1. The largest absolute Gasteiger partial charge is 0.341 e. The Kier molecular flexibility index (Phi) is 4.87. The van der Waals surface area contributed by atoms with Gasteiger partial charge < -0.3 is 15.1 Å². The molecule has 4 aliphatic rings. The van der Waals surface area contributed by atoms with Crippen molar-refractivity contribution >= 4 is 29.1 Å². The number of nitrogens with one attached hydrogen (secondary N) is 1. The highest BCUT2D eigenvalue weighted by molar-refractivity contribution is 6.02. The van der Waals surface area contributed by atoms with E-state index in [1.807, 2.05) is 34.8 Å². The summed E-state index contributed by atoms with van der Waals surface area (Å²) in [6, 6.07) is 8.01. The highest BCUT2D eigenvalue weighted by Crippen LogP contribution is 2.52. The van der Waals surface area contributed by atoms with Gasteiger partial charge in [-0.25, -0.2) is 4.98 Å². The van der Waals surface area contributed by atoms with E-state index in [2.05, 4.69) is 21.5 Å². The molecule has 2 aromatic heterocycles. The highest BCUT2D eigenvalue weighted by atomic mass is 16.2. The summed E-state index contributed by atoms with van der Waals surface area (Å²) in [5.41, 5.74) is 0.985. The molecule has 2 saturated carbocycles. The van der Waals surface area contributed by atoms with Gasteiger partial charge in [-0.15, -0.1) is 0 Å². The molecule has 6 rings (SSSR count). The van der Waals surface area contributed by atoms with Crippen LogP contribution < -0.4 is 10.2 Å². The third kappa shape index (κ3) is 3.35. The van der Waals surface area contributed by atoms with Crippen LogP contribution >= 0.6 is 0 Å². The summed E-state index contributed by atoms with van der Waals surface area (Å²) in [4.78, 5) is 33.6. The van der Waals surface area contributed by atoms with E-state index in [4.69, 9.17) is 0 Å². The molecule has 0 spiro atoms. The number of hydrogen-bond acceptors (Lipinski definition) is 6. The smallest absolute Gasteiger partial charge is 0.247 e. The number of nitrogens with zero attached hydrogens (tertiary/aromatic N) is 6. The lowest BCUT2D eigenvalue weighted by Gasteiger charge is -2.42. The van der Waals surface area contributed by atoms with Crippen molar-refractivity contribution in [2.45, 2.75) is 44.4 Å². The van der Waals surface area contributed by atoms with Crippen LogP contribution in [-0.2, 0) is 16.6 Å². The molecule has 2 saturated heterocycles. The van der Waals surface area contributed by atoms with Crippen LogP contribution in [0.15, 0.2) is 24.4 Å². The minimum atomic E-state index is -0.858. The number of rotatable bonds is 6.